The molecule has 2 rings (SSSR count). The third kappa shape index (κ3) is 6.04. The van der Waals surface area contributed by atoms with Gasteiger partial charge in [-0.2, -0.15) is 0 Å². The summed E-state index contributed by atoms with van der Waals surface area (Å²) in [7, 11) is -3.54. The van der Waals surface area contributed by atoms with Crippen molar-refractivity contribution in [2.24, 2.45) is 0 Å². The zero-order valence-corrected chi connectivity index (χ0v) is 16.2. The molecule has 0 bridgehead atoms. The Kier molecular flexibility index (Phi) is 7.94. The first-order valence-electron chi connectivity index (χ1n) is 9.00. The molecule has 0 fully saturated rings. The van der Waals surface area contributed by atoms with Gasteiger partial charge in [-0.25, -0.2) is 13.1 Å². The van der Waals surface area contributed by atoms with Crippen LogP contribution in [0.1, 0.15) is 32.3 Å². The van der Waals surface area contributed by atoms with Crippen LogP contribution in [0, 0.1) is 0 Å². The van der Waals surface area contributed by atoms with Crippen LogP contribution in [0.3, 0.4) is 0 Å². The zero-order valence-electron chi connectivity index (χ0n) is 15.4. The first kappa shape index (κ1) is 20.3. The van der Waals surface area contributed by atoms with Crippen molar-refractivity contribution in [3.8, 4) is 11.5 Å². The summed E-state index contributed by atoms with van der Waals surface area (Å²) in [5.74, 6) is 1.48. The molecule has 6 heteroatoms. The fourth-order valence-electron chi connectivity index (χ4n) is 2.46. The Morgan fingerprint density at radius 3 is 2.38 bits per heavy atom. The van der Waals surface area contributed by atoms with E-state index in [0.29, 0.717) is 31.9 Å². The summed E-state index contributed by atoms with van der Waals surface area (Å²) in [5.41, 5.74) is 0.983. The Hall–Kier alpha value is -2.05. The number of hydrogen-bond donors (Lipinski definition) is 1. The molecule has 2 aromatic rings. The average molecular weight is 378 g/mol. The van der Waals surface area contributed by atoms with Crippen LogP contribution < -0.4 is 14.2 Å². The Balaban J connectivity index is 1.92. The second kappa shape index (κ2) is 10.2. The standard InChI is InChI=1S/C20H27NO4S/c1-3-5-16-25-18-10-12-19(13-11-18)26(22,23)21-15-14-17-8-6-7-9-20(17)24-4-2/h6-13,21H,3-5,14-16H2,1-2H3. The summed E-state index contributed by atoms with van der Waals surface area (Å²) >= 11 is 0. The van der Waals surface area contributed by atoms with Crippen molar-refractivity contribution >= 4 is 10.0 Å². The maximum atomic E-state index is 12.4. The number of rotatable bonds is 11. The summed E-state index contributed by atoms with van der Waals surface area (Å²) in [5, 5.41) is 0. The Morgan fingerprint density at radius 2 is 1.69 bits per heavy atom. The number of nitrogens with one attached hydrogen (secondary N) is 1. The van der Waals surface area contributed by atoms with Crippen LogP contribution in [0.2, 0.25) is 0 Å². The van der Waals surface area contributed by atoms with Gasteiger partial charge in [-0.1, -0.05) is 31.5 Å². The molecule has 1 N–H and O–H groups in total. The van der Waals surface area contributed by atoms with Crippen molar-refractivity contribution in [2.75, 3.05) is 19.8 Å². The molecular formula is C20H27NO4S. The van der Waals surface area contributed by atoms with Gasteiger partial charge in [-0.15, -0.1) is 0 Å². The van der Waals surface area contributed by atoms with E-state index in [1.54, 1.807) is 24.3 Å². The molecule has 0 saturated carbocycles. The lowest BCUT2D eigenvalue weighted by Crippen LogP contribution is -2.26. The molecule has 0 aromatic heterocycles. The molecule has 0 aliphatic heterocycles. The lowest BCUT2D eigenvalue weighted by molar-refractivity contribution is 0.309. The van der Waals surface area contributed by atoms with Crippen molar-refractivity contribution in [1.29, 1.82) is 0 Å². The van der Waals surface area contributed by atoms with Crippen LogP contribution in [0.5, 0.6) is 11.5 Å². The molecule has 0 amide bonds. The minimum absolute atomic E-state index is 0.235. The number of hydrogen-bond acceptors (Lipinski definition) is 4. The molecular weight excluding hydrogens is 350 g/mol. The highest BCUT2D eigenvalue weighted by atomic mass is 32.2. The zero-order chi connectivity index (χ0) is 18.8. The monoisotopic (exact) mass is 377 g/mol. The van der Waals surface area contributed by atoms with E-state index in [4.69, 9.17) is 9.47 Å². The number of sulfonamides is 1. The van der Waals surface area contributed by atoms with Crippen molar-refractivity contribution in [3.63, 3.8) is 0 Å². The predicted octanol–water partition coefficient (Wildman–Crippen LogP) is 3.79. The van der Waals surface area contributed by atoms with E-state index in [0.717, 1.165) is 24.2 Å². The molecule has 0 unspecified atom stereocenters. The number of ether oxygens (including phenoxy) is 2. The van der Waals surface area contributed by atoms with Crippen molar-refractivity contribution in [3.05, 3.63) is 54.1 Å². The van der Waals surface area contributed by atoms with Crippen LogP contribution in [0.15, 0.2) is 53.4 Å². The Morgan fingerprint density at radius 1 is 0.962 bits per heavy atom. The quantitative estimate of drug-likeness (QED) is 0.605. The number of benzene rings is 2. The summed E-state index contributed by atoms with van der Waals surface area (Å²) in [6, 6.07) is 14.2. The van der Waals surface area contributed by atoms with Gasteiger partial charge in [0, 0.05) is 6.54 Å². The third-order valence-corrected chi connectivity index (χ3v) is 5.34. The lowest BCUT2D eigenvalue weighted by atomic mass is 10.1. The molecule has 0 aliphatic rings. The second-order valence-corrected chi connectivity index (χ2v) is 7.63. The minimum Gasteiger partial charge on any atom is -0.494 e. The molecule has 0 saturated heterocycles. The molecule has 0 spiro atoms. The maximum Gasteiger partial charge on any atom is 0.240 e. The molecule has 26 heavy (non-hydrogen) atoms. The third-order valence-electron chi connectivity index (χ3n) is 3.86. The van der Waals surface area contributed by atoms with Crippen molar-refractivity contribution in [2.45, 2.75) is 38.0 Å². The van der Waals surface area contributed by atoms with Crippen LogP contribution in [-0.2, 0) is 16.4 Å². The van der Waals surface area contributed by atoms with Crippen LogP contribution in [0.4, 0.5) is 0 Å². The van der Waals surface area contributed by atoms with Crippen LogP contribution >= 0.6 is 0 Å². The van der Waals surface area contributed by atoms with Gasteiger partial charge >= 0.3 is 0 Å². The fourth-order valence-corrected chi connectivity index (χ4v) is 3.49. The molecule has 0 heterocycles. The highest BCUT2D eigenvalue weighted by Crippen LogP contribution is 2.19. The van der Waals surface area contributed by atoms with Gasteiger partial charge in [0.1, 0.15) is 11.5 Å². The van der Waals surface area contributed by atoms with Crippen molar-refractivity contribution < 1.29 is 17.9 Å². The minimum atomic E-state index is -3.54. The van der Waals surface area contributed by atoms with Gasteiger partial charge in [-0.05, 0) is 55.7 Å². The van der Waals surface area contributed by atoms with Crippen molar-refractivity contribution in [1.82, 2.24) is 4.72 Å². The van der Waals surface area contributed by atoms with Gasteiger partial charge in [0.25, 0.3) is 0 Å². The van der Waals surface area contributed by atoms with Crippen LogP contribution in [-0.4, -0.2) is 28.2 Å². The molecule has 0 atom stereocenters. The van der Waals surface area contributed by atoms with E-state index in [1.807, 2.05) is 31.2 Å². The normalized spacial score (nSPS) is 11.3. The Labute approximate surface area is 156 Å². The van der Waals surface area contributed by atoms with Gasteiger partial charge in [-0.3, -0.25) is 0 Å². The summed E-state index contributed by atoms with van der Waals surface area (Å²) in [6.07, 6.45) is 2.60. The van der Waals surface area contributed by atoms with E-state index in [2.05, 4.69) is 11.6 Å². The van der Waals surface area contributed by atoms with E-state index in [9.17, 15) is 8.42 Å². The summed E-state index contributed by atoms with van der Waals surface area (Å²) in [4.78, 5) is 0.235. The molecule has 5 nitrogen and oxygen atoms in total. The highest BCUT2D eigenvalue weighted by molar-refractivity contribution is 7.89. The fraction of sp³-hybridized carbons (Fsp3) is 0.400. The largest absolute Gasteiger partial charge is 0.494 e. The van der Waals surface area contributed by atoms with Gasteiger partial charge in [0.05, 0.1) is 18.1 Å². The number of unbranched alkanes of at least 4 members (excludes halogenated alkanes) is 1. The van der Waals surface area contributed by atoms with E-state index >= 15 is 0 Å². The Bertz CT molecular complexity index is 773. The first-order chi connectivity index (χ1) is 12.6. The molecule has 142 valence electrons. The van der Waals surface area contributed by atoms with Gasteiger partial charge in [0.2, 0.25) is 10.0 Å². The second-order valence-electron chi connectivity index (χ2n) is 5.86. The lowest BCUT2D eigenvalue weighted by Gasteiger charge is -2.11. The SMILES string of the molecule is CCCCOc1ccc(S(=O)(=O)NCCc2ccccc2OCC)cc1. The van der Waals surface area contributed by atoms with Gasteiger partial charge in [0.15, 0.2) is 0 Å². The summed E-state index contributed by atoms with van der Waals surface area (Å²) in [6.45, 7) is 5.54. The molecule has 0 aliphatic carbocycles. The first-order valence-corrected chi connectivity index (χ1v) is 10.5. The highest BCUT2D eigenvalue weighted by Gasteiger charge is 2.14. The van der Waals surface area contributed by atoms with E-state index in [1.165, 1.54) is 0 Å². The average Bonchev–Trinajstić information content (AvgIpc) is 2.64. The van der Waals surface area contributed by atoms with E-state index in [-0.39, 0.29) is 4.90 Å². The molecule has 2 aromatic carbocycles. The van der Waals surface area contributed by atoms with E-state index < -0.39 is 10.0 Å². The number of para-hydroxylation sites is 1. The maximum absolute atomic E-state index is 12.4. The molecule has 0 radical (unpaired) electrons. The predicted molar refractivity (Wildman–Crippen MR) is 103 cm³/mol. The summed E-state index contributed by atoms with van der Waals surface area (Å²) < 4.78 is 38.6. The van der Waals surface area contributed by atoms with Gasteiger partial charge < -0.3 is 9.47 Å². The van der Waals surface area contributed by atoms with Crippen LogP contribution in [0.25, 0.3) is 0 Å². The topological polar surface area (TPSA) is 64.6 Å². The smallest absolute Gasteiger partial charge is 0.240 e.